The van der Waals surface area contributed by atoms with Crippen molar-refractivity contribution in [1.29, 1.82) is 0 Å². The summed E-state index contributed by atoms with van der Waals surface area (Å²) in [5.41, 5.74) is 2.85. The molecule has 4 rings (SSSR count). The van der Waals surface area contributed by atoms with Crippen LogP contribution in [0.5, 0.6) is 0 Å². The number of benzene rings is 3. The highest BCUT2D eigenvalue weighted by Crippen LogP contribution is 2.22. The van der Waals surface area contributed by atoms with Gasteiger partial charge in [0.2, 0.25) is 5.91 Å². The molecule has 2 amide bonds. The molecule has 6 heteroatoms. The van der Waals surface area contributed by atoms with Gasteiger partial charge >= 0.3 is 5.63 Å². The minimum absolute atomic E-state index is 0.0651. The van der Waals surface area contributed by atoms with E-state index >= 15 is 0 Å². The molecule has 0 unspecified atom stereocenters. The van der Waals surface area contributed by atoms with Crippen LogP contribution in [0.25, 0.3) is 22.1 Å². The molecule has 4 aromatic rings. The van der Waals surface area contributed by atoms with E-state index in [1.807, 2.05) is 25.1 Å². The first kappa shape index (κ1) is 21.1. The fraction of sp³-hybridized carbons (Fsp3) is 0.115. The first-order valence-electron chi connectivity index (χ1n) is 10.4. The summed E-state index contributed by atoms with van der Waals surface area (Å²) < 4.78 is 5.39. The summed E-state index contributed by atoms with van der Waals surface area (Å²) in [6, 6.07) is 22.9. The Labute approximate surface area is 184 Å². The number of fused-ring (bicyclic) bond motifs is 1. The molecule has 0 spiro atoms. The fourth-order valence-corrected chi connectivity index (χ4v) is 3.39. The van der Waals surface area contributed by atoms with E-state index in [0.717, 1.165) is 11.8 Å². The Kier molecular flexibility index (Phi) is 6.12. The molecule has 1 aromatic heterocycles. The zero-order valence-corrected chi connectivity index (χ0v) is 17.6. The number of rotatable bonds is 6. The van der Waals surface area contributed by atoms with E-state index in [1.165, 1.54) is 0 Å². The maximum atomic E-state index is 12.7. The van der Waals surface area contributed by atoms with Crippen molar-refractivity contribution in [3.05, 3.63) is 94.8 Å². The highest BCUT2D eigenvalue weighted by Gasteiger charge is 2.11. The third kappa shape index (κ3) is 4.75. The standard InChI is InChI=1S/C26H22N2O4/c1-2-6-24(29)27-20-8-5-9-21(16-20)28-25(30)18-13-11-17(12-14-18)22-15-19-7-3-4-10-23(19)32-26(22)31/h3-5,7-16H,2,6H2,1H3,(H,27,29)(H,28,30). The Morgan fingerprint density at radius 3 is 2.31 bits per heavy atom. The molecule has 160 valence electrons. The number of amides is 2. The molecule has 32 heavy (non-hydrogen) atoms. The summed E-state index contributed by atoms with van der Waals surface area (Å²) in [7, 11) is 0. The van der Waals surface area contributed by atoms with Crippen LogP contribution < -0.4 is 16.3 Å². The Morgan fingerprint density at radius 2 is 1.56 bits per heavy atom. The molecule has 0 fully saturated rings. The van der Waals surface area contributed by atoms with Crippen LogP contribution >= 0.6 is 0 Å². The summed E-state index contributed by atoms with van der Waals surface area (Å²) in [4.78, 5) is 36.8. The zero-order chi connectivity index (χ0) is 22.5. The average molecular weight is 426 g/mol. The van der Waals surface area contributed by atoms with Crippen molar-refractivity contribution in [1.82, 2.24) is 0 Å². The monoisotopic (exact) mass is 426 g/mol. The molecule has 0 atom stereocenters. The minimum Gasteiger partial charge on any atom is -0.422 e. The van der Waals surface area contributed by atoms with Crippen molar-refractivity contribution in [2.45, 2.75) is 19.8 Å². The SMILES string of the molecule is CCCC(=O)Nc1cccc(NC(=O)c2ccc(-c3cc4ccccc4oc3=O)cc2)c1. The van der Waals surface area contributed by atoms with Gasteiger partial charge in [0.05, 0.1) is 5.56 Å². The smallest absolute Gasteiger partial charge is 0.344 e. The Morgan fingerprint density at radius 1 is 0.844 bits per heavy atom. The van der Waals surface area contributed by atoms with Crippen molar-refractivity contribution in [2.24, 2.45) is 0 Å². The molecule has 0 saturated heterocycles. The highest BCUT2D eigenvalue weighted by molar-refractivity contribution is 6.05. The van der Waals surface area contributed by atoms with Gasteiger partial charge in [0, 0.05) is 28.7 Å². The largest absolute Gasteiger partial charge is 0.422 e. The molecule has 0 radical (unpaired) electrons. The lowest BCUT2D eigenvalue weighted by Crippen LogP contribution is -2.13. The van der Waals surface area contributed by atoms with Gasteiger partial charge < -0.3 is 15.1 Å². The van der Waals surface area contributed by atoms with Gasteiger partial charge in [0.15, 0.2) is 0 Å². The summed E-state index contributed by atoms with van der Waals surface area (Å²) in [5, 5.41) is 6.47. The quantitative estimate of drug-likeness (QED) is 0.401. The lowest BCUT2D eigenvalue weighted by Gasteiger charge is -2.09. The number of hydrogen-bond donors (Lipinski definition) is 2. The maximum absolute atomic E-state index is 12.7. The van der Waals surface area contributed by atoms with E-state index in [1.54, 1.807) is 60.7 Å². The molecular weight excluding hydrogens is 404 g/mol. The Balaban J connectivity index is 1.50. The fourth-order valence-electron chi connectivity index (χ4n) is 3.39. The van der Waals surface area contributed by atoms with Crippen LogP contribution in [0, 0.1) is 0 Å². The molecule has 0 bridgehead atoms. The molecule has 2 N–H and O–H groups in total. The van der Waals surface area contributed by atoms with Crippen LogP contribution in [0.4, 0.5) is 11.4 Å². The van der Waals surface area contributed by atoms with E-state index in [4.69, 9.17) is 4.42 Å². The van der Waals surface area contributed by atoms with Crippen LogP contribution in [0.3, 0.4) is 0 Å². The second kappa shape index (κ2) is 9.31. The predicted octanol–water partition coefficient (Wildman–Crippen LogP) is 5.45. The van der Waals surface area contributed by atoms with Crippen LogP contribution in [0.15, 0.2) is 88.1 Å². The van der Waals surface area contributed by atoms with Gasteiger partial charge in [-0.15, -0.1) is 0 Å². The number of hydrogen-bond acceptors (Lipinski definition) is 4. The third-order valence-corrected chi connectivity index (χ3v) is 4.98. The van der Waals surface area contributed by atoms with Crippen LogP contribution in [0.1, 0.15) is 30.1 Å². The first-order valence-corrected chi connectivity index (χ1v) is 10.4. The van der Waals surface area contributed by atoms with Gasteiger partial charge in [-0.25, -0.2) is 4.79 Å². The number of carbonyl (C=O) groups is 2. The third-order valence-electron chi connectivity index (χ3n) is 4.98. The molecule has 0 aliphatic carbocycles. The second-order valence-corrected chi connectivity index (χ2v) is 7.40. The van der Waals surface area contributed by atoms with E-state index in [0.29, 0.717) is 40.1 Å². The first-order chi connectivity index (χ1) is 15.5. The van der Waals surface area contributed by atoms with Crippen LogP contribution in [-0.2, 0) is 4.79 Å². The van der Waals surface area contributed by atoms with Gasteiger partial charge in [-0.05, 0) is 54.4 Å². The lowest BCUT2D eigenvalue weighted by atomic mass is 10.0. The van der Waals surface area contributed by atoms with Crippen molar-refractivity contribution < 1.29 is 14.0 Å². The van der Waals surface area contributed by atoms with Crippen molar-refractivity contribution >= 4 is 34.2 Å². The normalized spacial score (nSPS) is 10.7. The number of nitrogens with one attached hydrogen (secondary N) is 2. The molecule has 0 aliphatic heterocycles. The molecule has 6 nitrogen and oxygen atoms in total. The maximum Gasteiger partial charge on any atom is 0.344 e. The number of para-hydroxylation sites is 1. The van der Waals surface area contributed by atoms with Gasteiger partial charge in [0.1, 0.15) is 5.58 Å². The van der Waals surface area contributed by atoms with E-state index in [-0.39, 0.29) is 11.8 Å². The molecule has 0 aliphatic rings. The molecular formula is C26H22N2O4. The summed E-state index contributed by atoms with van der Waals surface area (Å²) in [5.74, 6) is -0.358. The van der Waals surface area contributed by atoms with Gasteiger partial charge in [0.25, 0.3) is 5.91 Å². The van der Waals surface area contributed by atoms with Gasteiger partial charge in [-0.2, -0.15) is 0 Å². The Bertz CT molecular complexity index is 1340. The summed E-state index contributed by atoms with van der Waals surface area (Å²) in [6.07, 6.45) is 1.21. The van der Waals surface area contributed by atoms with Gasteiger partial charge in [-0.1, -0.05) is 43.3 Å². The lowest BCUT2D eigenvalue weighted by molar-refractivity contribution is -0.116. The molecule has 3 aromatic carbocycles. The molecule has 0 saturated carbocycles. The molecule has 1 heterocycles. The predicted molar refractivity (Wildman–Crippen MR) is 126 cm³/mol. The number of carbonyl (C=O) groups excluding carboxylic acids is 2. The van der Waals surface area contributed by atoms with Gasteiger partial charge in [-0.3, -0.25) is 9.59 Å². The summed E-state index contributed by atoms with van der Waals surface area (Å²) >= 11 is 0. The van der Waals surface area contributed by atoms with Crippen LogP contribution in [0.2, 0.25) is 0 Å². The van der Waals surface area contributed by atoms with E-state index < -0.39 is 5.63 Å². The topological polar surface area (TPSA) is 88.4 Å². The summed E-state index contributed by atoms with van der Waals surface area (Å²) in [6.45, 7) is 1.94. The Hall–Kier alpha value is -4.19. The minimum atomic E-state index is -0.428. The highest BCUT2D eigenvalue weighted by atomic mass is 16.4. The number of anilines is 2. The van der Waals surface area contributed by atoms with E-state index in [2.05, 4.69) is 10.6 Å². The average Bonchev–Trinajstić information content (AvgIpc) is 2.79. The van der Waals surface area contributed by atoms with Crippen molar-refractivity contribution in [3.8, 4) is 11.1 Å². The van der Waals surface area contributed by atoms with Crippen LogP contribution in [-0.4, -0.2) is 11.8 Å². The van der Waals surface area contributed by atoms with Crippen molar-refractivity contribution in [2.75, 3.05) is 10.6 Å². The zero-order valence-electron chi connectivity index (χ0n) is 17.6. The second-order valence-electron chi connectivity index (χ2n) is 7.40. The van der Waals surface area contributed by atoms with E-state index in [9.17, 15) is 14.4 Å². The van der Waals surface area contributed by atoms with Crippen molar-refractivity contribution in [3.63, 3.8) is 0 Å².